The molecule has 0 aliphatic carbocycles. The number of halogens is 1. The second kappa shape index (κ2) is 7.00. The molecule has 2 unspecified atom stereocenters. The van der Waals surface area contributed by atoms with Crippen LogP contribution in [0.4, 0.5) is 10.2 Å². The summed E-state index contributed by atoms with van der Waals surface area (Å²) in [4.78, 5) is 15.6. The van der Waals surface area contributed by atoms with E-state index in [0.717, 1.165) is 29.7 Å². The Kier molecular flexibility index (Phi) is 4.12. The van der Waals surface area contributed by atoms with E-state index < -0.39 is 5.82 Å². The molecular weight excluding hydrogens is 389 g/mol. The molecule has 1 N–H and O–H groups in total. The van der Waals surface area contributed by atoms with Gasteiger partial charge in [-0.15, -0.1) is 6.42 Å². The average molecular weight is 409 g/mol. The summed E-state index contributed by atoms with van der Waals surface area (Å²) in [5.74, 6) is 3.02. The standard InChI is InChI=1S/C25H20FN5/c1-2-15-5-3-6-16-7-4-8-19(21(15)16)23-22(26)24-20(11-27-23)25(29-14-28-24)31-12-17-9-10-18(13-31)30-17/h1,3-8,11,14,17-18,30H,9-10,12-13H2. The van der Waals surface area contributed by atoms with Crippen molar-refractivity contribution >= 4 is 27.5 Å². The molecule has 152 valence electrons. The van der Waals surface area contributed by atoms with Gasteiger partial charge < -0.3 is 10.2 Å². The van der Waals surface area contributed by atoms with Crippen molar-refractivity contribution in [2.75, 3.05) is 18.0 Å². The van der Waals surface area contributed by atoms with Crippen molar-refractivity contribution in [1.29, 1.82) is 0 Å². The number of nitrogens with one attached hydrogen (secondary N) is 1. The molecule has 5 nitrogen and oxygen atoms in total. The SMILES string of the molecule is C#Cc1cccc2cccc(-c3ncc4c(N5CC6CCC(C5)N6)ncnc4c3F)c12. The molecular formula is C25H20FN5. The van der Waals surface area contributed by atoms with Gasteiger partial charge in [0.1, 0.15) is 23.4 Å². The second-order valence-electron chi connectivity index (χ2n) is 8.28. The lowest BCUT2D eigenvalue weighted by molar-refractivity contribution is 0.464. The fourth-order valence-corrected chi connectivity index (χ4v) is 5.05. The lowest BCUT2D eigenvalue weighted by Gasteiger charge is -2.34. The Morgan fingerprint density at radius 2 is 1.81 bits per heavy atom. The van der Waals surface area contributed by atoms with Gasteiger partial charge in [-0.2, -0.15) is 0 Å². The van der Waals surface area contributed by atoms with Crippen LogP contribution in [0, 0.1) is 18.2 Å². The maximum absolute atomic E-state index is 15.8. The van der Waals surface area contributed by atoms with Crippen LogP contribution in [0.1, 0.15) is 18.4 Å². The molecule has 2 atom stereocenters. The van der Waals surface area contributed by atoms with Crippen molar-refractivity contribution < 1.29 is 4.39 Å². The maximum atomic E-state index is 15.8. The molecule has 6 rings (SSSR count). The lowest BCUT2D eigenvalue weighted by Crippen LogP contribution is -2.51. The summed E-state index contributed by atoms with van der Waals surface area (Å²) in [5.41, 5.74) is 1.93. The minimum absolute atomic E-state index is 0.255. The Hall–Kier alpha value is -3.56. The number of piperazine rings is 1. The Labute approximate surface area is 179 Å². The molecule has 4 aromatic rings. The molecule has 0 radical (unpaired) electrons. The van der Waals surface area contributed by atoms with Gasteiger partial charge in [-0.1, -0.05) is 36.3 Å². The number of terminal acetylenes is 1. The van der Waals surface area contributed by atoms with E-state index in [1.165, 1.54) is 19.2 Å². The predicted octanol–water partition coefficient (Wildman–Crippen LogP) is 3.91. The minimum Gasteiger partial charge on any atom is -0.353 e. The lowest BCUT2D eigenvalue weighted by atomic mass is 9.97. The van der Waals surface area contributed by atoms with Crippen LogP contribution in [0.5, 0.6) is 0 Å². The third-order valence-corrected chi connectivity index (χ3v) is 6.43. The second-order valence-corrected chi connectivity index (χ2v) is 8.28. The number of fused-ring (bicyclic) bond motifs is 4. The molecule has 31 heavy (non-hydrogen) atoms. The monoisotopic (exact) mass is 409 g/mol. The van der Waals surface area contributed by atoms with E-state index in [1.807, 2.05) is 36.4 Å². The van der Waals surface area contributed by atoms with Gasteiger partial charge in [-0.25, -0.2) is 14.4 Å². The number of hydrogen-bond donors (Lipinski definition) is 1. The Morgan fingerprint density at radius 3 is 2.58 bits per heavy atom. The minimum atomic E-state index is -0.446. The van der Waals surface area contributed by atoms with Gasteiger partial charge in [-0.05, 0) is 24.3 Å². The molecule has 0 spiro atoms. The van der Waals surface area contributed by atoms with Gasteiger partial charge >= 0.3 is 0 Å². The average Bonchev–Trinajstić information content (AvgIpc) is 3.15. The van der Waals surface area contributed by atoms with Gasteiger partial charge in [0.25, 0.3) is 0 Å². The zero-order valence-corrected chi connectivity index (χ0v) is 16.8. The number of nitrogens with zero attached hydrogens (tertiary/aromatic N) is 4. The molecule has 6 heteroatoms. The summed E-state index contributed by atoms with van der Waals surface area (Å²) in [6.45, 7) is 1.72. The van der Waals surface area contributed by atoms with Gasteiger partial charge in [0, 0.05) is 47.9 Å². The highest BCUT2D eigenvalue weighted by molar-refractivity contribution is 6.01. The molecule has 0 amide bonds. The van der Waals surface area contributed by atoms with Crippen molar-refractivity contribution in [1.82, 2.24) is 20.3 Å². The smallest absolute Gasteiger partial charge is 0.175 e. The summed E-state index contributed by atoms with van der Waals surface area (Å²) in [6.07, 6.45) is 11.2. The highest BCUT2D eigenvalue weighted by Crippen LogP contribution is 2.35. The van der Waals surface area contributed by atoms with Gasteiger partial charge in [0.05, 0.1) is 5.39 Å². The predicted molar refractivity (Wildman–Crippen MR) is 120 cm³/mol. The summed E-state index contributed by atoms with van der Waals surface area (Å²) in [6, 6.07) is 12.4. The number of pyridine rings is 1. The van der Waals surface area contributed by atoms with Crippen LogP contribution in [-0.2, 0) is 0 Å². The van der Waals surface area contributed by atoms with Crippen molar-refractivity contribution in [2.45, 2.75) is 24.9 Å². The first-order valence-electron chi connectivity index (χ1n) is 10.5. The number of aromatic nitrogens is 3. The van der Waals surface area contributed by atoms with E-state index in [0.29, 0.717) is 28.6 Å². The molecule has 0 saturated carbocycles. The molecule has 2 aromatic carbocycles. The topological polar surface area (TPSA) is 53.9 Å². The summed E-state index contributed by atoms with van der Waals surface area (Å²) in [5, 5.41) is 6.04. The van der Waals surface area contributed by atoms with E-state index in [-0.39, 0.29) is 11.2 Å². The normalized spacial score (nSPS) is 20.3. The van der Waals surface area contributed by atoms with Gasteiger partial charge in [0.15, 0.2) is 5.82 Å². The first kappa shape index (κ1) is 18.2. The zero-order chi connectivity index (χ0) is 20.9. The summed E-state index contributed by atoms with van der Waals surface area (Å²) >= 11 is 0. The third-order valence-electron chi connectivity index (χ3n) is 6.43. The number of benzene rings is 2. The third kappa shape index (κ3) is 2.85. The van der Waals surface area contributed by atoms with Crippen molar-refractivity contribution in [3.63, 3.8) is 0 Å². The Balaban J connectivity index is 1.53. The van der Waals surface area contributed by atoms with Crippen molar-refractivity contribution in [2.24, 2.45) is 0 Å². The molecule has 2 aliphatic rings. The van der Waals surface area contributed by atoms with E-state index in [1.54, 1.807) is 6.20 Å². The first-order valence-corrected chi connectivity index (χ1v) is 10.5. The largest absolute Gasteiger partial charge is 0.353 e. The summed E-state index contributed by atoms with van der Waals surface area (Å²) < 4.78 is 15.8. The fraction of sp³-hybridized carbons (Fsp3) is 0.240. The quantitative estimate of drug-likeness (QED) is 0.509. The highest BCUT2D eigenvalue weighted by Gasteiger charge is 2.33. The van der Waals surface area contributed by atoms with Crippen LogP contribution < -0.4 is 10.2 Å². The van der Waals surface area contributed by atoms with E-state index in [4.69, 9.17) is 6.42 Å². The molecule has 2 aromatic heterocycles. The Bertz CT molecular complexity index is 1360. The number of hydrogen-bond acceptors (Lipinski definition) is 5. The van der Waals surface area contributed by atoms with Crippen LogP contribution in [0.25, 0.3) is 32.9 Å². The maximum Gasteiger partial charge on any atom is 0.175 e. The highest BCUT2D eigenvalue weighted by atomic mass is 19.1. The van der Waals surface area contributed by atoms with Crippen LogP contribution >= 0.6 is 0 Å². The molecule has 2 bridgehead atoms. The molecule has 2 fully saturated rings. The summed E-state index contributed by atoms with van der Waals surface area (Å²) in [7, 11) is 0. The Morgan fingerprint density at radius 1 is 1.03 bits per heavy atom. The van der Waals surface area contributed by atoms with Crippen LogP contribution in [0.2, 0.25) is 0 Å². The van der Waals surface area contributed by atoms with Gasteiger partial charge in [-0.3, -0.25) is 4.98 Å². The number of rotatable bonds is 2. The van der Waals surface area contributed by atoms with E-state index >= 15 is 4.39 Å². The van der Waals surface area contributed by atoms with Crippen LogP contribution in [0.3, 0.4) is 0 Å². The van der Waals surface area contributed by atoms with Crippen molar-refractivity contribution in [3.05, 3.63) is 60.3 Å². The zero-order valence-electron chi connectivity index (χ0n) is 16.8. The fourth-order valence-electron chi connectivity index (χ4n) is 5.05. The van der Waals surface area contributed by atoms with E-state index in [2.05, 4.69) is 31.1 Å². The van der Waals surface area contributed by atoms with Crippen LogP contribution in [0.15, 0.2) is 48.9 Å². The van der Waals surface area contributed by atoms with E-state index in [9.17, 15) is 0 Å². The number of anilines is 1. The van der Waals surface area contributed by atoms with Gasteiger partial charge in [0.2, 0.25) is 0 Å². The molecule has 2 saturated heterocycles. The van der Waals surface area contributed by atoms with Crippen molar-refractivity contribution in [3.8, 4) is 23.6 Å². The molecule has 4 heterocycles. The molecule has 2 aliphatic heterocycles. The van der Waals surface area contributed by atoms with Crippen LogP contribution in [-0.4, -0.2) is 40.1 Å². The first-order chi connectivity index (χ1) is 15.2.